The fraction of sp³-hybridized carbons (Fsp3) is 0.278. The number of nitrogens with zero attached hydrogens (tertiary/aromatic N) is 2. The van der Waals surface area contributed by atoms with E-state index in [0.29, 0.717) is 27.4 Å². The van der Waals surface area contributed by atoms with E-state index in [1.54, 1.807) is 67.6 Å². The predicted molar refractivity (Wildman–Crippen MR) is 181 cm³/mol. The minimum Gasteiger partial charge on any atom is -0.352 e. The first-order chi connectivity index (χ1) is 22.7. The summed E-state index contributed by atoms with van der Waals surface area (Å²) in [6.45, 7) is 4.40. The van der Waals surface area contributed by atoms with E-state index in [0.717, 1.165) is 23.3 Å². The molecule has 0 radical (unpaired) electrons. The molecule has 12 heteroatoms. The number of carbonyl (C=O) groups excluding carboxylic acids is 2. The SMILES string of the molecule is CCC(C)NC(=O)C(Cc1ccccc1)N(Cc1ccccc1Cl)C(=O)CN(c1cccc(C(F)(F)F)c1)S(=O)(=O)c1ccc(C)cc1. The molecule has 2 unspecified atom stereocenters. The summed E-state index contributed by atoms with van der Waals surface area (Å²) >= 11 is 6.50. The fourth-order valence-electron chi connectivity index (χ4n) is 5.01. The molecule has 0 bridgehead atoms. The standard InChI is InChI=1S/C36H37ClF3N3O4S/c1-4-26(3)41-35(45)33(21-27-11-6-5-7-12-27)42(23-28-13-8-9-16-32(28)37)34(44)24-43(30-15-10-14-29(22-30)36(38,39)40)48(46,47)31-19-17-25(2)18-20-31/h5-20,22,26,33H,4,21,23-24H2,1-3H3,(H,41,45). The van der Waals surface area contributed by atoms with Crippen molar-refractivity contribution in [3.63, 3.8) is 0 Å². The lowest BCUT2D eigenvalue weighted by Crippen LogP contribution is -2.54. The lowest BCUT2D eigenvalue weighted by molar-refractivity contribution is -0.140. The average molecular weight is 700 g/mol. The number of halogens is 4. The van der Waals surface area contributed by atoms with Crippen LogP contribution in [0.4, 0.5) is 18.9 Å². The number of nitrogens with one attached hydrogen (secondary N) is 1. The number of benzene rings is 4. The van der Waals surface area contributed by atoms with Crippen LogP contribution >= 0.6 is 11.6 Å². The third-order valence-corrected chi connectivity index (χ3v) is 10.1. The maximum Gasteiger partial charge on any atom is 0.416 e. The van der Waals surface area contributed by atoms with Crippen molar-refractivity contribution in [3.05, 3.63) is 130 Å². The number of anilines is 1. The molecule has 4 aromatic carbocycles. The Morgan fingerprint density at radius 3 is 2.17 bits per heavy atom. The van der Waals surface area contributed by atoms with Crippen molar-refractivity contribution < 1.29 is 31.2 Å². The van der Waals surface area contributed by atoms with Crippen LogP contribution in [0.3, 0.4) is 0 Å². The predicted octanol–water partition coefficient (Wildman–Crippen LogP) is 7.42. The van der Waals surface area contributed by atoms with Gasteiger partial charge in [0.25, 0.3) is 10.0 Å². The summed E-state index contributed by atoms with van der Waals surface area (Å²) in [5.74, 6) is -1.29. The minimum atomic E-state index is -4.77. The minimum absolute atomic E-state index is 0.0770. The van der Waals surface area contributed by atoms with Crippen LogP contribution in [0, 0.1) is 6.92 Å². The van der Waals surface area contributed by atoms with Crippen molar-refractivity contribution in [2.45, 2.75) is 63.3 Å². The first kappa shape index (κ1) is 36.5. The van der Waals surface area contributed by atoms with E-state index in [9.17, 15) is 31.2 Å². The van der Waals surface area contributed by atoms with Gasteiger partial charge in [-0.1, -0.05) is 90.8 Å². The zero-order valence-electron chi connectivity index (χ0n) is 26.7. The van der Waals surface area contributed by atoms with Crippen molar-refractivity contribution in [3.8, 4) is 0 Å². The van der Waals surface area contributed by atoms with Gasteiger partial charge in [0.15, 0.2) is 0 Å². The van der Waals surface area contributed by atoms with E-state index >= 15 is 0 Å². The lowest BCUT2D eigenvalue weighted by Gasteiger charge is -2.34. The zero-order valence-corrected chi connectivity index (χ0v) is 28.3. The first-order valence-corrected chi connectivity index (χ1v) is 17.2. The number of hydrogen-bond acceptors (Lipinski definition) is 4. The Morgan fingerprint density at radius 2 is 1.54 bits per heavy atom. The van der Waals surface area contributed by atoms with Crippen LogP contribution < -0.4 is 9.62 Å². The molecule has 254 valence electrons. The number of hydrogen-bond donors (Lipinski definition) is 1. The zero-order chi connectivity index (χ0) is 35.1. The van der Waals surface area contributed by atoms with E-state index in [-0.39, 0.29) is 29.6 Å². The van der Waals surface area contributed by atoms with Crippen LogP contribution in [0.5, 0.6) is 0 Å². The molecule has 0 heterocycles. The average Bonchev–Trinajstić information content (AvgIpc) is 3.06. The first-order valence-electron chi connectivity index (χ1n) is 15.3. The highest BCUT2D eigenvalue weighted by Gasteiger charge is 2.37. The Balaban J connectivity index is 1.86. The molecule has 0 aliphatic carbocycles. The molecule has 2 amide bonds. The summed E-state index contributed by atoms with van der Waals surface area (Å²) in [6, 6.07) is 23.9. The molecule has 1 N–H and O–H groups in total. The van der Waals surface area contributed by atoms with Crippen molar-refractivity contribution >= 4 is 39.1 Å². The third kappa shape index (κ3) is 9.17. The van der Waals surface area contributed by atoms with Crippen LogP contribution in [-0.2, 0) is 38.8 Å². The molecule has 4 aromatic rings. The van der Waals surface area contributed by atoms with Crippen molar-refractivity contribution in [1.29, 1.82) is 0 Å². The van der Waals surface area contributed by atoms with E-state index in [1.807, 2.05) is 19.9 Å². The van der Waals surface area contributed by atoms with Gasteiger partial charge in [0.05, 0.1) is 16.1 Å². The molecule has 0 aliphatic rings. The second-order valence-electron chi connectivity index (χ2n) is 11.5. The number of sulfonamides is 1. The van der Waals surface area contributed by atoms with Gasteiger partial charge in [-0.3, -0.25) is 13.9 Å². The van der Waals surface area contributed by atoms with Crippen LogP contribution in [0.15, 0.2) is 108 Å². The Hall–Kier alpha value is -4.35. The quantitative estimate of drug-likeness (QED) is 0.157. The summed E-state index contributed by atoms with van der Waals surface area (Å²) in [4.78, 5) is 29.5. The summed E-state index contributed by atoms with van der Waals surface area (Å²) < 4.78 is 70.3. The molecule has 4 rings (SSSR count). The topological polar surface area (TPSA) is 86.8 Å². The molecule has 7 nitrogen and oxygen atoms in total. The monoisotopic (exact) mass is 699 g/mol. The molecule has 0 spiro atoms. The highest BCUT2D eigenvalue weighted by molar-refractivity contribution is 7.92. The molecule has 0 aromatic heterocycles. The van der Waals surface area contributed by atoms with Crippen molar-refractivity contribution in [2.75, 3.05) is 10.8 Å². The van der Waals surface area contributed by atoms with Crippen molar-refractivity contribution in [1.82, 2.24) is 10.2 Å². The Labute approximate surface area is 284 Å². The number of carbonyl (C=O) groups is 2. The Morgan fingerprint density at radius 1 is 0.896 bits per heavy atom. The van der Waals surface area contributed by atoms with Crippen molar-refractivity contribution in [2.24, 2.45) is 0 Å². The molecule has 0 aliphatic heterocycles. The third-order valence-electron chi connectivity index (χ3n) is 7.92. The van der Waals surface area contributed by atoms with Crippen LogP contribution in [0.2, 0.25) is 5.02 Å². The van der Waals surface area contributed by atoms with E-state index < -0.39 is 46.2 Å². The lowest BCUT2D eigenvalue weighted by atomic mass is 10.0. The number of rotatable bonds is 13. The van der Waals surface area contributed by atoms with E-state index in [2.05, 4.69) is 5.32 Å². The normalized spacial score (nSPS) is 13.0. The van der Waals surface area contributed by atoms with Gasteiger partial charge in [-0.2, -0.15) is 13.2 Å². The van der Waals surface area contributed by atoms with Gasteiger partial charge in [0.2, 0.25) is 11.8 Å². The van der Waals surface area contributed by atoms with Gasteiger partial charge in [0, 0.05) is 24.0 Å². The smallest absolute Gasteiger partial charge is 0.352 e. The highest BCUT2D eigenvalue weighted by atomic mass is 35.5. The van der Waals surface area contributed by atoms with E-state index in [1.165, 1.54) is 23.1 Å². The Bertz CT molecular complexity index is 1820. The number of amides is 2. The van der Waals surface area contributed by atoms with Gasteiger partial charge < -0.3 is 10.2 Å². The number of aryl methyl sites for hydroxylation is 1. The molecule has 48 heavy (non-hydrogen) atoms. The van der Waals surface area contributed by atoms with Crippen LogP contribution in [0.25, 0.3) is 0 Å². The van der Waals surface area contributed by atoms with Crippen LogP contribution in [0.1, 0.15) is 42.5 Å². The van der Waals surface area contributed by atoms with Gasteiger partial charge in [-0.25, -0.2) is 8.42 Å². The Kier molecular flexibility index (Phi) is 11.9. The molecular weight excluding hydrogens is 663 g/mol. The second-order valence-corrected chi connectivity index (χ2v) is 13.8. The van der Waals surface area contributed by atoms with Gasteiger partial charge in [-0.05, 0) is 67.8 Å². The summed E-state index contributed by atoms with van der Waals surface area (Å²) in [6.07, 6.45) is -4.09. The van der Waals surface area contributed by atoms with E-state index in [4.69, 9.17) is 11.6 Å². The largest absolute Gasteiger partial charge is 0.416 e. The molecule has 0 fully saturated rings. The molecule has 0 saturated heterocycles. The highest BCUT2D eigenvalue weighted by Crippen LogP contribution is 2.33. The number of alkyl halides is 3. The maximum absolute atomic E-state index is 14.5. The van der Waals surface area contributed by atoms with Gasteiger partial charge in [-0.15, -0.1) is 0 Å². The van der Waals surface area contributed by atoms with Gasteiger partial charge >= 0.3 is 6.18 Å². The summed E-state index contributed by atoms with van der Waals surface area (Å²) in [7, 11) is -4.58. The summed E-state index contributed by atoms with van der Waals surface area (Å²) in [5, 5.41) is 3.25. The molecule has 0 saturated carbocycles. The van der Waals surface area contributed by atoms with Gasteiger partial charge in [0.1, 0.15) is 12.6 Å². The van der Waals surface area contributed by atoms with Crippen LogP contribution in [-0.4, -0.2) is 43.8 Å². The maximum atomic E-state index is 14.5. The fourth-order valence-corrected chi connectivity index (χ4v) is 6.61. The molecule has 2 atom stereocenters. The summed E-state index contributed by atoms with van der Waals surface area (Å²) in [5.41, 5.74) is 0.548. The second kappa shape index (κ2) is 15.7. The molecular formula is C36H37ClF3N3O4S.